The summed E-state index contributed by atoms with van der Waals surface area (Å²) in [7, 11) is 0. The fourth-order valence-corrected chi connectivity index (χ4v) is 4.75. The zero-order valence-corrected chi connectivity index (χ0v) is 21.5. The van der Waals surface area contributed by atoms with Crippen molar-refractivity contribution in [2.45, 2.75) is 53.4 Å². The average Bonchev–Trinajstić information content (AvgIpc) is 2.85. The Kier molecular flexibility index (Phi) is 6.90. The molecule has 0 spiro atoms. The lowest BCUT2D eigenvalue weighted by Gasteiger charge is -2.24. The molecule has 4 aromatic rings. The van der Waals surface area contributed by atoms with Crippen LogP contribution in [-0.4, -0.2) is 22.2 Å². The van der Waals surface area contributed by atoms with Crippen LogP contribution in [0.25, 0.3) is 32.7 Å². The Bertz CT molecular complexity index is 1330. The van der Waals surface area contributed by atoms with Gasteiger partial charge in [-0.05, 0) is 97.2 Å². The minimum absolute atomic E-state index is 0.514. The van der Waals surface area contributed by atoms with E-state index in [9.17, 15) is 19.8 Å². The van der Waals surface area contributed by atoms with E-state index in [1.54, 1.807) is 27.7 Å². The first kappa shape index (κ1) is 25.4. The van der Waals surface area contributed by atoms with Crippen molar-refractivity contribution in [2.24, 2.45) is 10.8 Å². The number of hydrogen-bond donors (Lipinski definition) is 2. The van der Waals surface area contributed by atoms with E-state index < -0.39 is 22.8 Å². The smallest absolute Gasteiger partial charge is 0.309 e. The Labute approximate surface area is 212 Å². The Morgan fingerprint density at radius 1 is 0.583 bits per heavy atom. The topological polar surface area (TPSA) is 74.6 Å². The lowest BCUT2D eigenvalue weighted by molar-refractivity contribution is -0.148. The van der Waals surface area contributed by atoms with Crippen molar-refractivity contribution in [1.82, 2.24) is 0 Å². The summed E-state index contributed by atoms with van der Waals surface area (Å²) in [6.07, 6.45) is 2.28. The molecule has 0 radical (unpaired) electrons. The van der Waals surface area contributed by atoms with Crippen molar-refractivity contribution in [2.75, 3.05) is 0 Å². The maximum Gasteiger partial charge on any atom is 0.309 e. The summed E-state index contributed by atoms with van der Waals surface area (Å²) in [6.45, 7) is 7.08. The van der Waals surface area contributed by atoms with Crippen LogP contribution in [0.3, 0.4) is 0 Å². The number of benzene rings is 4. The standard InChI is InChI=1S/C32H34O4/c1-31(2,29(33)34)19-17-23-15-13-21-9-5-7-11-25(21)27(23)28-24(18-20-32(3,4)30(35)36)16-14-22-10-6-8-12-26(22)28/h5-16H,17-20H2,1-4H3,(H,33,34)(H,35,36). The van der Waals surface area contributed by atoms with Gasteiger partial charge in [-0.1, -0.05) is 72.8 Å². The van der Waals surface area contributed by atoms with Crippen molar-refractivity contribution in [1.29, 1.82) is 0 Å². The second-order valence-electron chi connectivity index (χ2n) is 11.0. The number of carbonyl (C=O) groups is 2. The summed E-state index contributed by atoms with van der Waals surface area (Å²) in [5, 5.41) is 23.9. The zero-order chi connectivity index (χ0) is 26.1. The van der Waals surface area contributed by atoms with Crippen LogP contribution >= 0.6 is 0 Å². The van der Waals surface area contributed by atoms with Gasteiger partial charge in [0, 0.05) is 0 Å². The summed E-state index contributed by atoms with van der Waals surface area (Å²) in [4.78, 5) is 23.6. The minimum atomic E-state index is -0.837. The fraction of sp³-hybridized carbons (Fsp3) is 0.312. The molecule has 0 saturated heterocycles. The number of hydrogen-bond acceptors (Lipinski definition) is 2. The van der Waals surface area contributed by atoms with Gasteiger partial charge in [-0.15, -0.1) is 0 Å². The third kappa shape index (κ3) is 4.99. The molecule has 0 heterocycles. The molecule has 0 unspecified atom stereocenters. The summed E-state index contributed by atoms with van der Waals surface area (Å²) >= 11 is 0. The van der Waals surface area contributed by atoms with Crippen LogP contribution in [0.2, 0.25) is 0 Å². The molecule has 4 rings (SSSR count). The molecular formula is C32H34O4. The molecule has 0 atom stereocenters. The molecule has 2 N–H and O–H groups in total. The molecule has 4 nitrogen and oxygen atoms in total. The number of fused-ring (bicyclic) bond motifs is 2. The molecular weight excluding hydrogens is 448 g/mol. The number of aryl methyl sites for hydroxylation is 2. The first-order valence-electron chi connectivity index (χ1n) is 12.5. The van der Waals surface area contributed by atoms with Crippen LogP contribution < -0.4 is 0 Å². The van der Waals surface area contributed by atoms with E-state index in [1.807, 2.05) is 24.3 Å². The van der Waals surface area contributed by atoms with Crippen LogP contribution in [0.5, 0.6) is 0 Å². The lowest BCUT2D eigenvalue weighted by atomic mass is 9.80. The molecule has 0 aliphatic carbocycles. The number of rotatable bonds is 9. The van der Waals surface area contributed by atoms with E-state index in [4.69, 9.17) is 0 Å². The highest BCUT2D eigenvalue weighted by Crippen LogP contribution is 2.41. The van der Waals surface area contributed by atoms with Gasteiger partial charge in [0.25, 0.3) is 0 Å². The van der Waals surface area contributed by atoms with E-state index in [0.29, 0.717) is 25.7 Å². The van der Waals surface area contributed by atoms with Gasteiger partial charge >= 0.3 is 11.9 Å². The van der Waals surface area contributed by atoms with Gasteiger partial charge < -0.3 is 10.2 Å². The number of carboxylic acid groups (broad SMARTS) is 2. The van der Waals surface area contributed by atoms with Gasteiger partial charge in [-0.2, -0.15) is 0 Å². The molecule has 0 aromatic heterocycles. The van der Waals surface area contributed by atoms with Crippen LogP contribution in [0.4, 0.5) is 0 Å². The van der Waals surface area contributed by atoms with Crippen LogP contribution in [-0.2, 0) is 22.4 Å². The highest BCUT2D eigenvalue weighted by Gasteiger charge is 2.29. The molecule has 4 heteroatoms. The summed E-state index contributed by atoms with van der Waals surface area (Å²) in [6, 6.07) is 25.1. The highest BCUT2D eigenvalue weighted by atomic mass is 16.4. The Hall–Kier alpha value is -3.66. The van der Waals surface area contributed by atoms with E-state index in [-0.39, 0.29) is 0 Å². The summed E-state index contributed by atoms with van der Waals surface area (Å²) in [5.74, 6) is -1.60. The first-order valence-corrected chi connectivity index (χ1v) is 12.5. The van der Waals surface area contributed by atoms with E-state index in [2.05, 4.69) is 48.5 Å². The summed E-state index contributed by atoms with van der Waals surface area (Å²) in [5.41, 5.74) is 2.78. The normalized spacial score (nSPS) is 12.2. The molecule has 36 heavy (non-hydrogen) atoms. The molecule has 0 aliphatic heterocycles. The SMILES string of the molecule is CC(C)(CCc1ccc2ccccc2c1-c1c(CCC(C)(C)C(=O)O)ccc2ccccc12)C(=O)O. The van der Waals surface area contributed by atoms with Gasteiger partial charge in [-0.25, -0.2) is 0 Å². The maximum absolute atomic E-state index is 11.8. The van der Waals surface area contributed by atoms with Crippen molar-refractivity contribution in [3.63, 3.8) is 0 Å². The third-order valence-electron chi connectivity index (χ3n) is 7.48. The first-order chi connectivity index (χ1) is 17.0. The zero-order valence-electron chi connectivity index (χ0n) is 21.5. The largest absolute Gasteiger partial charge is 0.481 e. The van der Waals surface area contributed by atoms with Gasteiger partial charge in [0.1, 0.15) is 0 Å². The van der Waals surface area contributed by atoms with E-state index in [1.165, 1.54) is 0 Å². The monoisotopic (exact) mass is 482 g/mol. The molecule has 4 aromatic carbocycles. The number of carboxylic acids is 2. The van der Waals surface area contributed by atoms with Gasteiger partial charge in [0.05, 0.1) is 10.8 Å². The Balaban J connectivity index is 1.96. The molecule has 0 aliphatic rings. The van der Waals surface area contributed by atoms with Crippen LogP contribution in [0.15, 0.2) is 72.8 Å². The number of aliphatic carboxylic acids is 2. The van der Waals surface area contributed by atoms with Gasteiger partial charge in [0.15, 0.2) is 0 Å². The van der Waals surface area contributed by atoms with Crippen molar-refractivity contribution in [3.8, 4) is 11.1 Å². The molecule has 0 bridgehead atoms. The second kappa shape index (κ2) is 9.77. The molecule has 0 amide bonds. The third-order valence-corrected chi connectivity index (χ3v) is 7.48. The van der Waals surface area contributed by atoms with E-state index >= 15 is 0 Å². The molecule has 0 saturated carbocycles. The predicted molar refractivity (Wildman–Crippen MR) is 146 cm³/mol. The quantitative estimate of drug-likeness (QED) is 0.256. The predicted octanol–water partition coefficient (Wildman–Crippen LogP) is 7.75. The molecule has 0 fully saturated rings. The van der Waals surface area contributed by atoms with Gasteiger partial charge in [0.2, 0.25) is 0 Å². The minimum Gasteiger partial charge on any atom is -0.481 e. The van der Waals surface area contributed by atoms with Gasteiger partial charge in [-0.3, -0.25) is 9.59 Å². The van der Waals surface area contributed by atoms with Crippen molar-refractivity contribution < 1.29 is 19.8 Å². The second-order valence-corrected chi connectivity index (χ2v) is 11.0. The maximum atomic E-state index is 11.8. The Morgan fingerprint density at radius 3 is 1.31 bits per heavy atom. The van der Waals surface area contributed by atoms with Crippen molar-refractivity contribution in [3.05, 3.63) is 83.9 Å². The van der Waals surface area contributed by atoms with Crippen LogP contribution in [0, 0.1) is 10.8 Å². The van der Waals surface area contributed by atoms with Crippen LogP contribution in [0.1, 0.15) is 51.7 Å². The fourth-order valence-electron chi connectivity index (χ4n) is 4.75. The highest BCUT2D eigenvalue weighted by molar-refractivity contribution is 6.07. The lowest BCUT2D eigenvalue weighted by Crippen LogP contribution is -2.24. The average molecular weight is 483 g/mol. The summed E-state index contributed by atoms with van der Waals surface area (Å²) < 4.78 is 0. The van der Waals surface area contributed by atoms with E-state index in [0.717, 1.165) is 43.8 Å². The molecule has 186 valence electrons. The van der Waals surface area contributed by atoms with Crippen molar-refractivity contribution >= 4 is 33.5 Å². The Morgan fingerprint density at radius 2 is 0.944 bits per heavy atom.